The van der Waals surface area contributed by atoms with Gasteiger partial charge in [-0.2, -0.15) is 0 Å². The van der Waals surface area contributed by atoms with Gasteiger partial charge in [0.15, 0.2) is 6.61 Å². The van der Waals surface area contributed by atoms with Crippen molar-refractivity contribution >= 4 is 27.5 Å². The van der Waals surface area contributed by atoms with E-state index < -0.39 is 10.0 Å². The van der Waals surface area contributed by atoms with Gasteiger partial charge in [-0.3, -0.25) is 4.79 Å². The predicted molar refractivity (Wildman–Crippen MR) is 90.7 cm³/mol. The Balaban J connectivity index is 1.86. The number of nitrogens with one attached hydrogen (secondary N) is 1. The summed E-state index contributed by atoms with van der Waals surface area (Å²) < 4.78 is 35.8. The van der Waals surface area contributed by atoms with Gasteiger partial charge < -0.3 is 14.8 Å². The third-order valence-corrected chi connectivity index (χ3v) is 5.89. The molecule has 1 saturated heterocycles. The van der Waals surface area contributed by atoms with Crippen LogP contribution in [0.1, 0.15) is 0 Å². The molecule has 1 N–H and O–H groups in total. The molecule has 7 nitrogen and oxygen atoms in total. The maximum absolute atomic E-state index is 12.0. The van der Waals surface area contributed by atoms with Crippen LogP contribution in [0.15, 0.2) is 24.3 Å². The number of amides is 1. The lowest BCUT2D eigenvalue weighted by molar-refractivity contribution is -0.124. The normalized spacial score (nSPS) is 21.0. The van der Waals surface area contributed by atoms with Crippen molar-refractivity contribution in [2.75, 3.05) is 39.7 Å². The second kappa shape index (κ2) is 8.15. The molecule has 1 fully saturated rings. The van der Waals surface area contributed by atoms with Gasteiger partial charge in [-0.15, -0.1) is 0 Å². The molecule has 1 heterocycles. The first-order valence-corrected chi connectivity index (χ1v) is 9.42. The van der Waals surface area contributed by atoms with E-state index in [0.29, 0.717) is 17.4 Å². The Morgan fingerprint density at radius 1 is 1.42 bits per heavy atom. The lowest BCUT2D eigenvalue weighted by atomic mass is 10.1. The predicted octanol–water partition coefficient (Wildman–Crippen LogP) is 0.741. The van der Waals surface area contributed by atoms with Crippen molar-refractivity contribution in [1.82, 2.24) is 9.62 Å². The summed E-state index contributed by atoms with van der Waals surface area (Å²) in [5.41, 5.74) is 0. The maximum atomic E-state index is 12.0. The highest BCUT2D eigenvalue weighted by molar-refractivity contribution is 7.89. The van der Waals surface area contributed by atoms with Crippen molar-refractivity contribution in [1.29, 1.82) is 0 Å². The molecule has 2 atom stereocenters. The molecule has 1 aliphatic heterocycles. The lowest BCUT2D eigenvalue weighted by Gasteiger charge is -2.21. The first kappa shape index (κ1) is 19.0. The fourth-order valence-electron chi connectivity index (χ4n) is 2.30. The number of halogens is 1. The van der Waals surface area contributed by atoms with Gasteiger partial charge >= 0.3 is 0 Å². The van der Waals surface area contributed by atoms with Gasteiger partial charge in [0.2, 0.25) is 10.0 Å². The number of ether oxygens (including phenoxy) is 2. The Morgan fingerprint density at radius 2 is 2.17 bits per heavy atom. The molecule has 1 aromatic carbocycles. The van der Waals surface area contributed by atoms with Crippen LogP contribution in [0.25, 0.3) is 0 Å². The number of carbonyl (C=O) groups excluding carboxylic acids is 1. The van der Waals surface area contributed by atoms with Crippen LogP contribution in [0.4, 0.5) is 0 Å². The fourth-order valence-corrected chi connectivity index (χ4v) is 3.64. The van der Waals surface area contributed by atoms with Crippen molar-refractivity contribution < 1.29 is 22.7 Å². The highest BCUT2D eigenvalue weighted by Crippen LogP contribution is 2.18. The number of nitrogens with zero attached hydrogens (tertiary/aromatic N) is 1. The first-order chi connectivity index (χ1) is 11.3. The minimum absolute atomic E-state index is 0.0693. The second-order valence-corrected chi connectivity index (χ2v) is 8.44. The molecule has 1 aromatic rings. The molecule has 0 unspecified atom stereocenters. The number of hydrogen-bond donors (Lipinski definition) is 1. The van der Waals surface area contributed by atoms with Gasteiger partial charge in [0.05, 0.1) is 25.0 Å². The SMILES string of the molecule is CN(C)S(=O)(=O)C[C@@H]1COC[C@@H]1NC(=O)COc1cccc(Cl)c1. The number of carbonyl (C=O) groups is 1. The molecule has 1 aliphatic rings. The molecule has 0 aromatic heterocycles. The van der Waals surface area contributed by atoms with Gasteiger partial charge in [0.25, 0.3) is 5.91 Å². The third kappa shape index (κ3) is 5.34. The van der Waals surface area contributed by atoms with Crippen LogP contribution in [0.5, 0.6) is 5.75 Å². The molecule has 0 radical (unpaired) electrons. The molecule has 0 aliphatic carbocycles. The van der Waals surface area contributed by atoms with E-state index in [1.54, 1.807) is 24.3 Å². The van der Waals surface area contributed by atoms with Crippen LogP contribution < -0.4 is 10.1 Å². The van der Waals surface area contributed by atoms with Crippen molar-refractivity contribution in [2.45, 2.75) is 6.04 Å². The monoisotopic (exact) mass is 376 g/mol. The van der Waals surface area contributed by atoms with Gasteiger partial charge in [-0.25, -0.2) is 12.7 Å². The van der Waals surface area contributed by atoms with Crippen molar-refractivity contribution in [2.24, 2.45) is 5.92 Å². The van der Waals surface area contributed by atoms with Gasteiger partial charge in [0.1, 0.15) is 5.75 Å². The zero-order valence-electron chi connectivity index (χ0n) is 13.6. The molecule has 2 rings (SSSR count). The van der Waals surface area contributed by atoms with Gasteiger partial charge in [0, 0.05) is 25.0 Å². The van der Waals surface area contributed by atoms with Gasteiger partial charge in [-0.1, -0.05) is 17.7 Å². The van der Waals surface area contributed by atoms with Crippen LogP contribution in [0.2, 0.25) is 5.02 Å². The highest BCUT2D eigenvalue weighted by Gasteiger charge is 2.34. The Kier molecular flexibility index (Phi) is 6.45. The summed E-state index contributed by atoms with van der Waals surface area (Å²) in [6.07, 6.45) is 0. The van der Waals surface area contributed by atoms with E-state index in [4.69, 9.17) is 21.1 Å². The van der Waals surface area contributed by atoms with Crippen molar-refractivity contribution in [3.63, 3.8) is 0 Å². The maximum Gasteiger partial charge on any atom is 0.258 e. The third-order valence-electron chi connectivity index (χ3n) is 3.69. The highest BCUT2D eigenvalue weighted by atomic mass is 35.5. The van der Waals surface area contributed by atoms with Crippen LogP contribution in [-0.4, -0.2) is 64.3 Å². The van der Waals surface area contributed by atoms with Crippen LogP contribution >= 0.6 is 11.6 Å². The molecule has 134 valence electrons. The Hall–Kier alpha value is -1.35. The second-order valence-electron chi connectivity index (χ2n) is 5.78. The molecule has 0 saturated carbocycles. The van der Waals surface area contributed by atoms with E-state index >= 15 is 0 Å². The van der Waals surface area contributed by atoms with E-state index in [-0.39, 0.29) is 36.8 Å². The molecular weight excluding hydrogens is 356 g/mol. The Morgan fingerprint density at radius 3 is 2.83 bits per heavy atom. The molecule has 0 bridgehead atoms. The number of benzene rings is 1. The van der Waals surface area contributed by atoms with Crippen LogP contribution in [0.3, 0.4) is 0 Å². The molecule has 0 spiro atoms. The summed E-state index contributed by atoms with van der Waals surface area (Å²) >= 11 is 5.85. The first-order valence-electron chi connectivity index (χ1n) is 7.43. The number of hydrogen-bond acceptors (Lipinski definition) is 5. The van der Waals surface area contributed by atoms with E-state index in [1.807, 2.05) is 0 Å². The molecule has 24 heavy (non-hydrogen) atoms. The van der Waals surface area contributed by atoms with Crippen LogP contribution in [0, 0.1) is 5.92 Å². The molecule has 1 amide bonds. The fraction of sp³-hybridized carbons (Fsp3) is 0.533. The van der Waals surface area contributed by atoms with Crippen molar-refractivity contribution in [3.05, 3.63) is 29.3 Å². The average Bonchev–Trinajstić information content (AvgIpc) is 2.91. The number of rotatable bonds is 7. The largest absolute Gasteiger partial charge is 0.484 e. The average molecular weight is 377 g/mol. The summed E-state index contributed by atoms with van der Waals surface area (Å²) in [7, 11) is -0.387. The molecular formula is C15H21ClN2O5S. The topological polar surface area (TPSA) is 84.9 Å². The Labute approximate surface area is 146 Å². The Bertz CT molecular complexity index is 680. The summed E-state index contributed by atoms with van der Waals surface area (Å²) in [5.74, 6) is -0.197. The minimum Gasteiger partial charge on any atom is -0.484 e. The number of sulfonamides is 1. The van der Waals surface area contributed by atoms with Gasteiger partial charge in [-0.05, 0) is 18.2 Å². The summed E-state index contributed by atoms with van der Waals surface area (Å²) in [4.78, 5) is 12.0. The van der Waals surface area contributed by atoms with E-state index in [9.17, 15) is 13.2 Å². The summed E-state index contributed by atoms with van der Waals surface area (Å²) in [6, 6.07) is 6.39. The lowest BCUT2D eigenvalue weighted by Crippen LogP contribution is -2.45. The van der Waals surface area contributed by atoms with Crippen LogP contribution in [-0.2, 0) is 19.6 Å². The zero-order chi connectivity index (χ0) is 17.7. The smallest absolute Gasteiger partial charge is 0.258 e. The van der Waals surface area contributed by atoms with E-state index in [2.05, 4.69) is 5.32 Å². The molecule has 9 heteroatoms. The standard InChI is InChI=1S/C15H21ClN2O5S/c1-18(2)24(20,21)10-11-7-22-8-14(11)17-15(19)9-23-13-5-3-4-12(16)6-13/h3-6,11,14H,7-10H2,1-2H3,(H,17,19)/t11-,14-/m0/s1. The van der Waals surface area contributed by atoms with Crippen molar-refractivity contribution in [3.8, 4) is 5.75 Å². The van der Waals surface area contributed by atoms with E-state index in [0.717, 1.165) is 0 Å². The quantitative estimate of drug-likeness (QED) is 0.758. The van der Waals surface area contributed by atoms with E-state index in [1.165, 1.54) is 18.4 Å². The zero-order valence-corrected chi connectivity index (χ0v) is 15.1. The minimum atomic E-state index is -3.35. The summed E-state index contributed by atoms with van der Waals surface area (Å²) in [5, 5.41) is 3.29. The summed E-state index contributed by atoms with van der Waals surface area (Å²) in [6.45, 7) is 0.410.